The van der Waals surface area contributed by atoms with Crippen LogP contribution in [0.2, 0.25) is 0 Å². The van der Waals surface area contributed by atoms with Crippen molar-refractivity contribution in [1.29, 1.82) is 0 Å². The van der Waals surface area contributed by atoms with E-state index in [1.165, 1.54) is 12.1 Å². The topological polar surface area (TPSA) is 128 Å². The number of aryl methyl sites for hydroxylation is 1. The lowest BCUT2D eigenvalue weighted by atomic mass is 10.1. The number of nitrogens with zero attached hydrogens (tertiary/aromatic N) is 3. The van der Waals surface area contributed by atoms with Gasteiger partial charge in [0.1, 0.15) is 12.4 Å². The number of nitrogens with one attached hydrogen (secondary N) is 2. The van der Waals surface area contributed by atoms with Crippen LogP contribution in [0.3, 0.4) is 0 Å². The summed E-state index contributed by atoms with van der Waals surface area (Å²) in [4.78, 5) is 35.3. The predicted molar refractivity (Wildman–Crippen MR) is 142 cm³/mol. The third-order valence-electron chi connectivity index (χ3n) is 6.02. The first-order valence-corrected chi connectivity index (χ1v) is 11.9. The normalized spacial score (nSPS) is 10.6. The van der Waals surface area contributed by atoms with Crippen molar-refractivity contribution in [2.24, 2.45) is 0 Å². The zero-order valence-corrected chi connectivity index (χ0v) is 21.2. The van der Waals surface area contributed by atoms with Gasteiger partial charge in [0.15, 0.2) is 0 Å². The smallest absolute Gasteiger partial charge is 0.273 e. The van der Waals surface area contributed by atoms with E-state index in [9.17, 15) is 19.7 Å². The largest absolute Gasteiger partial charge is 0.489 e. The summed E-state index contributed by atoms with van der Waals surface area (Å²) in [6.45, 7) is 4.36. The van der Waals surface area contributed by atoms with Gasteiger partial charge < -0.3 is 15.4 Å². The Morgan fingerprint density at radius 2 is 1.68 bits per heavy atom. The molecule has 4 rings (SSSR count). The quantitative estimate of drug-likeness (QED) is 0.248. The number of amides is 2. The molecule has 0 aliphatic carbocycles. The molecule has 2 amide bonds. The molecule has 0 saturated carbocycles. The zero-order chi connectivity index (χ0) is 27.2. The van der Waals surface area contributed by atoms with Crippen LogP contribution in [0, 0.1) is 24.0 Å². The van der Waals surface area contributed by atoms with Crippen LogP contribution >= 0.6 is 0 Å². The zero-order valence-electron chi connectivity index (χ0n) is 21.2. The second kappa shape index (κ2) is 11.4. The van der Waals surface area contributed by atoms with Gasteiger partial charge in [-0.05, 0) is 55.3 Å². The number of rotatable bonds is 9. The number of hydrogen-bond acceptors (Lipinski definition) is 6. The van der Waals surface area contributed by atoms with E-state index in [2.05, 4.69) is 15.7 Å². The highest BCUT2D eigenvalue weighted by Gasteiger charge is 2.16. The molecule has 0 fully saturated rings. The average molecular weight is 514 g/mol. The van der Waals surface area contributed by atoms with Gasteiger partial charge in [-0.25, -0.2) is 0 Å². The molecule has 0 aliphatic rings. The molecule has 0 bridgehead atoms. The highest BCUT2D eigenvalue weighted by atomic mass is 16.6. The maximum atomic E-state index is 12.9. The lowest BCUT2D eigenvalue weighted by molar-refractivity contribution is -0.384. The molecule has 2 N–H and O–H groups in total. The number of hydrogen-bond donors (Lipinski definition) is 2. The molecule has 0 spiro atoms. The first kappa shape index (κ1) is 26.1. The minimum absolute atomic E-state index is 0.0409. The molecule has 10 nitrogen and oxygen atoms in total. The van der Waals surface area contributed by atoms with Crippen LogP contribution in [0.4, 0.5) is 11.4 Å². The third kappa shape index (κ3) is 6.04. The molecule has 38 heavy (non-hydrogen) atoms. The molecule has 0 atom stereocenters. The van der Waals surface area contributed by atoms with Gasteiger partial charge in [-0.1, -0.05) is 30.3 Å². The van der Waals surface area contributed by atoms with Gasteiger partial charge in [-0.3, -0.25) is 24.4 Å². The number of anilines is 1. The van der Waals surface area contributed by atoms with Crippen LogP contribution in [0.15, 0.2) is 72.8 Å². The molecule has 194 valence electrons. The summed E-state index contributed by atoms with van der Waals surface area (Å²) in [6.07, 6.45) is 0. The van der Waals surface area contributed by atoms with Gasteiger partial charge in [0.25, 0.3) is 17.5 Å². The van der Waals surface area contributed by atoms with Crippen molar-refractivity contribution in [3.05, 3.63) is 117 Å². The van der Waals surface area contributed by atoms with E-state index >= 15 is 0 Å². The molecular formula is C28H27N5O5. The number of carbonyl (C=O) groups excluding carboxylic acids is 2. The second-order valence-electron chi connectivity index (χ2n) is 8.68. The number of benzene rings is 3. The lowest BCUT2D eigenvalue weighted by Crippen LogP contribution is -2.18. The Morgan fingerprint density at radius 3 is 2.39 bits per heavy atom. The molecule has 4 aromatic rings. The standard InChI is InChI=1S/C28H27N5O5/c1-18-26(19(2)32(31-18)16-21-6-4-7-23(14-21)27(34)29-3)30-28(35)22-12-10-20(11-13-22)17-38-25-9-5-8-24(15-25)33(36)37/h4-15H,16-17H2,1-3H3,(H,29,34)(H,30,35). The fourth-order valence-electron chi connectivity index (χ4n) is 3.95. The average Bonchev–Trinajstić information content (AvgIpc) is 3.19. The summed E-state index contributed by atoms with van der Waals surface area (Å²) in [7, 11) is 1.59. The lowest BCUT2D eigenvalue weighted by Gasteiger charge is -2.09. The van der Waals surface area contributed by atoms with Crippen LogP contribution in [-0.2, 0) is 13.2 Å². The summed E-state index contributed by atoms with van der Waals surface area (Å²) in [5, 5.41) is 21.1. The molecule has 10 heteroatoms. The van der Waals surface area contributed by atoms with Gasteiger partial charge >= 0.3 is 0 Å². The summed E-state index contributed by atoms with van der Waals surface area (Å²) in [5.41, 5.74) is 4.83. The monoisotopic (exact) mass is 513 g/mol. The Kier molecular flexibility index (Phi) is 7.81. The van der Waals surface area contributed by atoms with Crippen molar-refractivity contribution >= 4 is 23.2 Å². The van der Waals surface area contributed by atoms with Crippen molar-refractivity contribution in [1.82, 2.24) is 15.1 Å². The summed E-state index contributed by atoms with van der Waals surface area (Å²) in [5.74, 6) is -0.0392. The van der Waals surface area contributed by atoms with Crippen LogP contribution in [0.25, 0.3) is 0 Å². The maximum absolute atomic E-state index is 12.9. The Hall–Kier alpha value is -4.99. The van der Waals surface area contributed by atoms with Crippen LogP contribution < -0.4 is 15.4 Å². The molecule has 0 saturated heterocycles. The fourth-order valence-corrected chi connectivity index (χ4v) is 3.95. The number of non-ortho nitro benzene ring substituents is 1. The van der Waals surface area contributed by atoms with Crippen LogP contribution in [0.5, 0.6) is 5.75 Å². The van der Waals surface area contributed by atoms with Gasteiger partial charge in [0, 0.05) is 24.2 Å². The van der Waals surface area contributed by atoms with E-state index in [-0.39, 0.29) is 24.1 Å². The number of nitro benzene ring substituents is 1. The van der Waals surface area contributed by atoms with Crippen molar-refractivity contribution < 1.29 is 19.2 Å². The van der Waals surface area contributed by atoms with E-state index in [1.807, 2.05) is 32.0 Å². The summed E-state index contributed by atoms with van der Waals surface area (Å²) < 4.78 is 7.44. The summed E-state index contributed by atoms with van der Waals surface area (Å²) >= 11 is 0. The molecule has 0 unspecified atom stereocenters. The van der Waals surface area contributed by atoms with Gasteiger partial charge in [0.2, 0.25) is 0 Å². The SMILES string of the molecule is CNC(=O)c1cccc(Cn2nc(C)c(NC(=O)c3ccc(COc4cccc([N+](=O)[O-])c4)cc3)c2C)c1. The number of aromatic nitrogens is 2. The fraction of sp³-hybridized carbons (Fsp3) is 0.179. The Labute approximate surface area is 219 Å². The highest BCUT2D eigenvalue weighted by Crippen LogP contribution is 2.23. The molecule has 0 aliphatic heterocycles. The van der Waals surface area contributed by atoms with Gasteiger partial charge in [-0.2, -0.15) is 5.10 Å². The van der Waals surface area contributed by atoms with Crippen LogP contribution in [0.1, 0.15) is 43.2 Å². The van der Waals surface area contributed by atoms with Crippen LogP contribution in [-0.4, -0.2) is 33.6 Å². The van der Waals surface area contributed by atoms with Crippen molar-refractivity contribution in [3.63, 3.8) is 0 Å². The number of ether oxygens (including phenoxy) is 1. The second-order valence-corrected chi connectivity index (χ2v) is 8.68. The Balaban J connectivity index is 1.40. The highest BCUT2D eigenvalue weighted by molar-refractivity contribution is 6.04. The summed E-state index contributed by atoms with van der Waals surface area (Å²) in [6, 6.07) is 20.2. The first-order chi connectivity index (χ1) is 18.2. The van der Waals surface area contributed by atoms with E-state index in [1.54, 1.807) is 54.2 Å². The number of carbonyl (C=O) groups is 2. The minimum Gasteiger partial charge on any atom is -0.489 e. The minimum atomic E-state index is -0.474. The van der Waals surface area contributed by atoms with E-state index < -0.39 is 4.92 Å². The Morgan fingerprint density at radius 1 is 0.947 bits per heavy atom. The predicted octanol–water partition coefficient (Wildman–Crippen LogP) is 4.65. The molecular weight excluding hydrogens is 486 g/mol. The maximum Gasteiger partial charge on any atom is 0.273 e. The number of nitro groups is 1. The molecule has 3 aromatic carbocycles. The van der Waals surface area contributed by atoms with Crippen molar-refractivity contribution in [3.8, 4) is 5.75 Å². The van der Waals surface area contributed by atoms with Crippen molar-refractivity contribution in [2.75, 3.05) is 12.4 Å². The molecule has 1 aromatic heterocycles. The molecule has 0 radical (unpaired) electrons. The Bertz CT molecular complexity index is 1490. The van der Waals surface area contributed by atoms with Crippen molar-refractivity contribution in [2.45, 2.75) is 27.0 Å². The van der Waals surface area contributed by atoms with E-state index in [0.717, 1.165) is 16.8 Å². The third-order valence-corrected chi connectivity index (χ3v) is 6.02. The van der Waals surface area contributed by atoms with Gasteiger partial charge in [0.05, 0.1) is 34.6 Å². The molecule has 1 heterocycles. The first-order valence-electron chi connectivity index (χ1n) is 11.9. The van der Waals surface area contributed by atoms with Gasteiger partial charge in [-0.15, -0.1) is 0 Å². The van der Waals surface area contributed by atoms with E-state index in [4.69, 9.17) is 4.74 Å². The van der Waals surface area contributed by atoms with E-state index in [0.29, 0.717) is 34.8 Å².